The topological polar surface area (TPSA) is 51.2 Å². The summed E-state index contributed by atoms with van der Waals surface area (Å²) in [4.78, 5) is 25.1. The van der Waals surface area contributed by atoms with E-state index in [1.807, 2.05) is 65.0 Å². The van der Waals surface area contributed by atoms with Gasteiger partial charge in [0.25, 0.3) is 0 Å². The van der Waals surface area contributed by atoms with Gasteiger partial charge in [-0.05, 0) is 56.9 Å². The molecule has 4 heteroatoms. The summed E-state index contributed by atoms with van der Waals surface area (Å²) in [6, 6.07) is 9.53. The number of ketones is 1. The van der Waals surface area contributed by atoms with Crippen molar-refractivity contribution in [1.82, 2.24) is 0 Å². The molecule has 25 heavy (non-hydrogen) atoms. The molecule has 0 N–H and O–H groups in total. The number of carbonyl (C=O) groups is 2. The van der Waals surface area contributed by atoms with E-state index in [0.717, 1.165) is 27.8 Å². The Morgan fingerprint density at radius 1 is 0.840 bits per heavy atom. The summed E-state index contributed by atoms with van der Waals surface area (Å²) in [6.07, 6.45) is 0.266. The molecule has 0 radical (unpaired) electrons. The summed E-state index contributed by atoms with van der Waals surface area (Å²) in [7, 11) is -2.51. The van der Waals surface area contributed by atoms with Gasteiger partial charge in [0.2, 0.25) is 5.52 Å². The van der Waals surface area contributed by atoms with Gasteiger partial charge in [-0.3, -0.25) is 9.59 Å². The van der Waals surface area contributed by atoms with Gasteiger partial charge in [0.15, 0.2) is 5.78 Å². The highest BCUT2D eigenvalue weighted by atomic mass is 31.1. The van der Waals surface area contributed by atoms with Crippen LogP contribution in [0.5, 0.6) is 0 Å². The van der Waals surface area contributed by atoms with Gasteiger partial charge < -0.3 is 4.57 Å². The molecule has 1 atom stereocenters. The smallest absolute Gasteiger partial charge is 0.219 e. The molecule has 0 heterocycles. The fourth-order valence-electron chi connectivity index (χ4n) is 3.40. The van der Waals surface area contributed by atoms with Crippen molar-refractivity contribution in [2.75, 3.05) is 6.16 Å². The van der Waals surface area contributed by atoms with E-state index in [-0.39, 0.29) is 23.9 Å². The van der Waals surface area contributed by atoms with Crippen LogP contribution in [-0.2, 0) is 4.57 Å². The van der Waals surface area contributed by atoms with Crippen molar-refractivity contribution in [2.24, 2.45) is 0 Å². The number of aryl methyl sites for hydroxylation is 5. The van der Waals surface area contributed by atoms with E-state index >= 15 is 0 Å². The molecular formula is C21H25O3P. The zero-order valence-electron chi connectivity index (χ0n) is 15.5. The van der Waals surface area contributed by atoms with E-state index in [2.05, 4.69) is 0 Å². The molecule has 2 rings (SSSR count). The Bertz CT molecular complexity index is 822. The van der Waals surface area contributed by atoms with Crippen LogP contribution < -0.4 is 0 Å². The van der Waals surface area contributed by atoms with Crippen molar-refractivity contribution in [3.05, 3.63) is 69.3 Å². The van der Waals surface area contributed by atoms with Crippen LogP contribution in [0.15, 0.2) is 30.3 Å². The second kappa shape index (κ2) is 7.93. The molecule has 0 saturated carbocycles. The minimum Gasteiger partial charge on any atom is -0.318 e. The summed E-state index contributed by atoms with van der Waals surface area (Å²) in [5.74, 6) is -0.0392. The number of Topliss-reactive ketones (excluding diaryl/α,β-unsaturated/α-hetero) is 1. The Morgan fingerprint density at radius 3 is 1.88 bits per heavy atom. The predicted octanol–water partition coefficient (Wildman–Crippen LogP) is 5.20. The third kappa shape index (κ3) is 4.35. The van der Waals surface area contributed by atoms with Crippen molar-refractivity contribution >= 4 is 19.1 Å². The van der Waals surface area contributed by atoms with Crippen molar-refractivity contribution in [3.8, 4) is 0 Å². The van der Waals surface area contributed by atoms with Gasteiger partial charge in [-0.2, -0.15) is 0 Å². The molecule has 0 amide bonds. The molecule has 0 aromatic heterocycles. The molecule has 0 bridgehead atoms. The van der Waals surface area contributed by atoms with Gasteiger partial charge in [0.1, 0.15) is 7.80 Å². The summed E-state index contributed by atoms with van der Waals surface area (Å²) in [5.41, 5.74) is 5.57. The highest BCUT2D eigenvalue weighted by Gasteiger charge is 2.20. The Hall–Kier alpha value is -1.99. The summed E-state index contributed by atoms with van der Waals surface area (Å²) in [5, 5.41) is 0. The molecule has 0 fully saturated rings. The van der Waals surface area contributed by atoms with Crippen molar-refractivity contribution in [2.45, 2.75) is 41.0 Å². The van der Waals surface area contributed by atoms with Gasteiger partial charge in [0.05, 0.1) is 0 Å². The van der Waals surface area contributed by atoms with Crippen molar-refractivity contribution < 1.29 is 14.2 Å². The van der Waals surface area contributed by atoms with Gasteiger partial charge in [0, 0.05) is 23.7 Å². The maximum absolute atomic E-state index is 12.6. The maximum Gasteiger partial charge on any atom is 0.219 e. The highest BCUT2D eigenvalue weighted by molar-refractivity contribution is 7.64. The molecule has 3 nitrogen and oxygen atoms in total. The number of benzene rings is 2. The second-order valence-electron chi connectivity index (χ2n) is 6.72. The van der Waals surface area contributed by atoms with Gasteiger partial charge in [-0.25, -0.2) is 0 Å². The van der Waals surface area contributed by atoms with E-state index in [0.29, 0.717) is 11.1 Å². The van der Waals surface area contributed by atoms with E-state index in [1.54, 1.807) is 0 Å². The third-order valence-corrected chi connectivity index (χ3v) is 5.96. The molecule has 1 unspecified atom stereocenters. The molecule has 132 valence electrons. The van der Waals surface area contributed by atoms with Crippen LogP contribution in [0.4, 0.5) is 0 Å². The number of rotatable bonds is 6. The van der Waals surface area contributed by atoms with Crippen molar-refractivity contribution in [1.29, 1.82) is 0 Å². The SMILES string of the molecule is Cc1cc(C)c(C(=O)CC[PH](=O)C(=O)c2c(C)cccc2C)c(C)c1. The first-order valence-electron chi connectivity index (χ1n) is 8.47. The molecule has 0 spiro atoms. The first-order valence-corrected chi connectivity index (χ1v) is 10.1. The van der Waals surface area contributed by atoms with Gasteiger partial charge >= 0.3 is 0 Å². The first-order chi connectivity index (χ1) is 11.7. The molecule has 2 aromatic rings. The minimum absolute atomic E-state index is 0.0392. The van der Waals surface area contributed by atoms with E-state index < -0.39 is 7.80 Å². The van der Waals surface area contributed by atoms with Crippen LogP contribution in [0.3, 0.4) is 0 Å². The minimum atomic E-state index is -2.51. The lowest BCUT2D eigenvalue weighted by Gasteiger charge is -2.11. The standard InChI is InChI=1S/C21H25O3P/c1-13-11-16(4)19(17(5)12-13)18(22)9-10-25(24)21(23)20-14(2)7-6-8-15(20)3/h6-8,11-12,25H,9-10H2,1-5H3. The fraction of sp³-hybridized carbons (Fsp3) is 0.333. The Labute approximate surface area is 150 Å². The first kappa shape index (κ1) is 19.3. The molecule has 0 aliphatic heterocycles. The lowest BCUT2D eigenvalue weighted by Crippen LogP contribution is -2.08. The molecule has 0 aliphatic rings. The lowest BCUT2D eigenvalue weighted by atomic mass is 9.96. The number of hydrogen-bond donors (Lipinski definition) is 0. The lowest BCUT2D eigenvalue weighted by molar-refractivity contribution is 0.0988. The molecule has 0 aliphatic carbocycles. The monoisotopic (exact) mass is 356 g/mol. The third-order valence-electron chi connectivity index (χ3n) is 4.50. The van der Waals surface area contributed by atoms with E-state index in [9.17, 15) is 14.2 Å². The Morgan fingerprint density at radius 2 is 1.36 bits per heavy atom. The predicted molar refractivity (Wildman–Crippen MR) is 104 cm³/mol. The number of hydrogen-bond acceptors (Lipinski definition) is 3. The highest BCUT2D eigenvalue weighted by Crippen LogP contribution is 2.31. The zero-order valence-corrected chi connectivity index (χ0v) is 16.5. The zero-order chi connectivity index (χ0) is 18.7. The van der Waals surface area contributed by atoms with Crippen LogP contribution in [-0.4, -0.2) is 17.5 Å². The van der Waals surface area contributed by atoms with Crippen LogP contribution in [0, 0.1) is 34.6 Å². The van der Waals surface area contributed by atoms with Gasteiger partial charge in [-0.1, -0.05) is 35.9 Å². The van der Waals surface area contributed by atoms with Crippen LogP contribution >= 0.6 is 7.80 Å². The Balaban J connectivity index is 2.12. The largest absolute Gasteiger partial charge is 0.318 e. The quantitative estimate of drug-likeness (QED) is 0.528. The van der Waals surface area contributed by atoms with Gasteiger partial charge in [-0.15, -0.1) is 0 Å². The normalized spacial score (nSPS) is 12.0. The molecular weight excluding hydrogens is 331 g/mol. The fourth-order valence-corrected chi connectivity index (χ4v) is 4.75. The van der Waals surface area contributed by atoms with Crippen molar-refractivity contribution in [3.63, 3.8) is 0 Å². The van der Waals surface area contributed by atoms with E-state index in [4.69, 9.17) is 0 Å². The maximum atomic E-state index is 12.6. The Kier molecular flexibility index (Phi) is 6.13. The summed E-state index contributed by atoms with van der Waals surface area (Å²) >= 11 is 0. The summed E-state index contributed by atoms with van der Waals surface area (Å²) < 4.78 is 12.5. The van der Waals surface area contributed by atoms with E-state index in [1.165, 1.54) is 0 Å². The number of carbonyl (C=O) groups excluding carboxylic acids is 2. The molecule has 0 saturated heterocycles. The summed E-state index contributed by atoms with van der Waals surface area (Å²) in [6.45, 7) is 9.52. The van der Waals surface area contributed by atoms with Crippen LogP contribution in [0.1, 0.15) is 55.0 Å². The molecule has 2 aromatic carbocycles. The average molecular weight is 356 g/mol. The van der Waals surface area contributed by atoms with Crippen LogP contribution in [0.2, 0.25) is 0 Å². The average Bonchev–Trinajstić information content (AvgIpc) is 2.51. The van der Waals surface area contributed by atoms with Crippen LogP contribution in [0.25, 0.3) is 0 Å². The second-order valence-corrected chi connectivity index (χ2v) is 8.52.